The van der Waals surface area contributed by atoms with E-state index in [1.165, 1.54) is 0 Å². The van der Waals surface area contributed by atoms with Crippen LogP contribution in [-0.2, 0) is 14.3 Å². The van der Waals surface area contributed by atoms with Crippen molar-refractivity contribution in [1.82, 2.24) is 0 Å². The van der Waals surface area contributed by atoms with Crippen molar-refractivity contribution >= 4 is 11.9 Å². The quantitative estimate of drug-likeness (QED) is 0.465. The first kappa shape index (κ1) is 12.6. The monoisotopic (exact) mass is 248 g/mol. The number of ether oxygens (including phenoxy) is 2. The van der Waals surface area contributed by atoms with Gasteiger partial charge in [0.25, 0.3) is 0 Å². The molecule has 2 atom stereocenters. The molecule has 1 heterocycles. The molecule has 4 heteroatoms. The Balaban J connectivity index is 2.05. The summed E-state index contributed by atoms with van der Waals surface area (Å²) < 4.78 is 10.2. The van der Waals surface area contributed by atoms with Crippen molar-refractivity contribution < 1.29 is 19.1 Å². The number of benzene rings is 1. The van der Waals surface area contributed by atoms with Crippen LogP contribution in [0.2, 0.25) is 0 Å². The Bertz CT molecular complexity index is 427. The fourth-order valence-electron chi connectivity index (χ4n) is 2.15. The minimum absolute atomic E-state index is 0.0567. The molecular formula is C14H16O4. The number of carbonyl (C=O) groups excluding carboxylic acids is 2. The first-order valence-electron chi connectivity index (χ1n) is 6.15. The van der Waals surface area contributed by atoms with Gasteiger partial charge in [-0.25, -0.2) is 0 Å². The maximum Gasteiger partial charge on any atom is 0.326 e. The first-order valence-corrected chi connectivity index (χ1v) is 6.15. The molecule has 2 rings (SSSR count). The number of hydrogen-bond donors (Lipinski definition) is 0. The molecule has 0 radical (unpaired) electrons. The highest BCUT2D eigenvalue weighted by Crippen LogP contribution is 2.28. The van der Waals surface area contributed by atoms with E-state index >= 15 is 0 Å². The minimum atomic E-state index is -0.773. The highest BCUT2D eigenvalue weighted by molar-refractivity contribution is 5.97. The van der Waals surface area contributed by atoms with Gasteiger partial charge < -0.3 is 9.47 Å². The van der Waals surface area contributed by atoms with E-state index in [9.17, 15) is 9.59 Å². The molecule has 1 aliphatic heterocycles. The summed E-state index contributed by atoms with van der Waals surface area (Å²) in [7, 11) is 0. The molecule has 0 amide bonds. The molecule has 1 aliphatic rings. The van der Waals surface area contributed by atoms with Gasteiger partial charge >= 0.3 is 11.9 Å². The van der Waals surface area contributed by atoms with E-state index in [2.05, 4.69) is 0 Å². The molecule has 0 saturated carbocycles. The zero-order chi connectivity index (χ0) is 13.0. The number of para-hydroxylation sites is 1. The zero-order valence-electron chi connectivity index (χ0n) is 10.3. The van der Waals surface area contributed by atoms with E-state index in [1.54, 1.807) is 24.3 Å². The summed E-state index contributed by atoms with van der Waals surface area (Å²) >= 11 is 0. The van der Waals surface area contributed by atoms with Crippen molar-refractivity contribution in [3.63, 3.8) is 0 Å². The summed E-state index contributed by atoms with van der Waals surface area (Å²) in [5.41, 5.74) is 0. The van der Waals surface area contributed by atoms with Crippen LogP contribution >= 0.6 is 0 Å². The molecule has 0 N–H and O–H groups in total. The van der Waals surface area contributed by atoms with E-state index in [1.807, 2.05) is 13.0 Å². The van der Waals surface area contributed by atoms with Crippen molar-refractivity contribution in [2.75, 3.05) is 6.61 Å². The molecule has 1 aromatic rings. The van der Waals surface area contributed by atoms with E-state index in [0.29, 0.717) is 12.4 Å². The highest BCUT2D eigenvalue weighted by atomic mass is 16.6. The topological polar surface area (TPSA) is 52.6 Å². The summed E-state index contributed by atoms with van der Waals surface area (Å²) in [6, 6.07) is 8.76. The SMILES string of the molecule is CCCC1COC(=O)C1C(=O)Oc1ccccc1. The molecule has 0 aliphatic carbocycles. The van der Waals surface area contributed by atoms with Gasteiger partial charge in [0.05, 0.1) is 6.61 Å². The van der Waals surface area contributed by atoms with Crippen LogP contribution in [0.3, 0.4) is 0 Å². The third-order valence-electron chi connectivity index (χ3n) is 3.04. The van der Waals surface area contributed by atoms with Crippen molar-refractivity contribution in [2.24, 2.45) is 11.8 Å². The smallest absolute Gasteiger partial charge is 0.326 e. The largest absolute Gasteiger partial charge is 0.465 e. The van der Waals surface area contributed by atoms with Crippen LogP contribution in [0.1, 0.15) is 19.8 Å². The fraction of sp³-hybridized carbons (Fsp3) is 0.429. The van der Waals surface area contributed by atoms with Gasteiger partial charge in [0, 0.05) is 5.92 Å². The number of hydrogen-bond acceptors (Lipinski definition) is 4. The summed E-state index contributed by atoms with van der Waals surface area (Å²) in [4.78, 5) is 23.6. The summed E-state index contributed by atoms with van der Waals surface area (Å²) in [5, 5.41) is 0. The lowest BCUT2D eigenvalue weighted by atomic mass is 9.91. The van der Waals surface area contributed by atoms with Gasteiger partial charge in [0.1, 0.15) is 5.75 Å². The Hall–Kier alpha value is -1.84. The summed E-state index contributed by atoms with van der Waals surface area (Å²) in [6.45, 7) is 2.34. The molecule has 96 valence electrons. The van der Waals surface area contributed by atoms with Crippen molar-refractivity contribution in [3.8, 4) is 5.75 Å². The Morgan fingerprint density at radius 1 is 1.39 bits per heavy atom. The summed E-state index contributed by atoms with van der Waals surface area (Å²) in [5.74, 6) is -1.35. The van der Waals surface area contributed by atoms with Crippen LogP contribution in [-0.4, -0.2) is 18.5 Å². The van der Waals surface area contributed by atoms with E-state index < -0.39 is 17.9 Å². The second-order valence-electron chi connectivity index (χ2n) is 4.39. The fourth-order valence-corrected chi connectivity index (χ4v) is 2.15. The molecule has 18 heavy (non-hydrogen) atoms. The minimum Gasteiger partial charge on any atom is -0.465 e. The normalized spacial score (nSPS) is 22.6. The predicted octanol–water partition coefficient (Wildman–Crippen LogP) is 2.18. The van der Waals surface area contributed by atoms with Gasteiger partial charge in [0.2, 0.25) is 0 Å². The van der Waals surface area contributed by atoms with E-state index in [4.69, 9.17) is 9.47 Å². The van der Waals surface area contributed by atoms with E-state index in [0.717, 1.165) is 12.8 Å². The molecule has 1 fully saturated rings. The predicted molar refractivity (Wildman–Crippen MR) is 64.9 cm³/mol. The number of carbonyl (C=O) groups is 2. The van der Waals surface area contributed by atoms with Crippen molar-refractivity contribution in [3.05, 3.63) is 30.3 Å². The molecule has 0 spiro atoms. The molecule has 0 aromatic heterocycles. The van der Waals surface area contributed by atoms with Crippen LogP contribution in [0.15, 0.2) is 30.3 Å². The average molecular weight is 248 g/mol. The first-order chi connectivity index (χ1) is 8.72. The third-order valence-corrected chi connectivity index (χ3v) is 3.04. The molecule has 1 saturated heterocycles. The van der Waals surface area contributed by atoms with Gasteiger partial charge in [-0.3, -0.25) is 9.59 Å². The maximum atomic E-state index is 12.0. The highest BCUT2D eigenvalue weighted by Gasteiger charge is 2.43. The van der Waals surface area contributed by atoms with Gasteiger partial charge in [0.15, 0.2) is 5.92 Å². The maximum absolute atomic E-state index is 12.0. The number of cyclic esters (lactones) is 1. The van der Waals surface area contributed by atoms with Crippen LogP contribution in [0.5, 0.6) is 5.75 Å². The van der Waals surface area contributed by atoms with Crippen LogP contribution in [0, 0.1) is 11.8 Å². The Morgan fingerprint density at radius 2 is 2.11 bits per heavy atom. The number of rotatable bonds is 4. The standard InChI is InChI=1S/C14H16O4/c1-2-6-10-9-17-13(15)12(10)14(16)18-11-7-4-3-5-8-11/h3-5,7-8,10,12H,2,6,9H2,1H3. The second-order valence-corrected chi connectivity index (χ2v) is 4.39. The van der Waals surface area contributed by atoms with Crippen LogP contribution in [0.25, 0.3) is 0 Å². The van der Waals surface area contributed by atoms with Gasteiger partial charge in [-0.1, -0.05) is 31.5 Å². The van der Waals surface area contributed by atoms with Crippen LogP contribution in [0.4, 0.5) is 0 Å². The molecule has 4 nitrogen and oxygen atoms in total. The second kappa shape index (κ2) is 5.67. The molecule has 1 aromatic carbocycles. The van der Waals surface area contributed by atoms with Crippen LogP contribution < -0.4 is 4.74 Å². The summed E-state index contributed by atoms with van der Waals surface area (Å²) in [6.07, 6.45) is 1.71. The molecule has 0 bridgehead atoms. The Morgan fingerprint density at radius 3 is 2.78 bits per heavy atom. The van der Waals surface area contributed by atoms with Gasteiger partial charge in [-0.15, -0.1) is 0 Å². The molecular weight excluding hydrogens is 232 g/mol. The third kappa shape index (κ3) is 2.70. The number of esters is 2. The zero-order valence-corrected chi connectivity index (χ0v) is 10.3. The van der Waals surface area contributed by atoms with Crippen molar-refractivity contribution in [2.45, 2.75) is 19.8 Å². The average Bonchev–Trinajstić information content (AvgIpc) is 2.72. The lowest BCUT2D eigenvalue weighted by Crippen LogP contribution is -2.29. The van der Waals surface area contributed by atoms with Gasteiger partial charge in [-0.2, -0.15) is 0 Å². The lowest BCUT2D eigenvalue weighted by Gasteiger charge is -2.13. The molecule has 2 unspecified atom stereocenters. The Kier molecular flexibility index (Phi) is 3.97. The van der Waals surface area contributed by atoms with E-state index in [-0.39, 0.29) is 5.92 Å². The van der Waals surface area contributed by atoms with Crippen molar-refractivity contribution in [1.29, 1.82) is 0 Å². The Labute approximate surface area is 106 Å². The van der Waals surface area contributed by atoms with Gasteiger partial charge in [-0.05, 0) is 18.6 Å². The lowest BCUT2D eigenvalue weighted by molar-refractivity contribution is -0.150.